The molecule has 8 heteroatoms. The smallest absolute Gasteiger partial charge is 0.203 e. The van der Waals surface area contributed by atoms with Crippen molar-refractivity contribution >= 4 is 30.6 Å². The van der Waals surface area contributed by atoms with Gasteiger partial charge in [-0.1, -0.05) is 48.5 Å². The summed E-state index contributed by atoms with van der Waals surface area (Å²) in [6.07, 6.45) is 5.04. The summed E-state index contributed by atoms with van der Waals surface area (Å²) in [5.41, 5.74) is 0.955. The molecule has 26 heavy (non-hydrogen) atoms. The Labute approximate surface area is 172 Å². The molecule has 0 amide bonds. The number of benzene rings is 1. The predicted molar refractivity (Wildman–Crippen MR) is 105 cm³/mol. The van der Waals surface area contributed by atoms with Gasteiger partial charge in [0, 0.05) is 18.7 Å². The largest absolute Gasteiger partial charge is 1.00 e. The molecule has 4 nitrogen and oxygen atoms in total. The van der Waals surface area contributed by atoms with Crippen LogP contribution in [-0.4, -0.2) is 35.0 Å². The highest BCUT2D eigenvalue weighted by molar-refractivity contribution is 7.58. The van der Waals surface area contributed by atoms with Gasteiger partial charge in [-0.15, -0.1) is 0 Å². The molecule has 2 rings (SSSR count). The van der Waals surface area contributed by atoms with E-state index in [1.54, 1.807) is 12.1 Å². The summed E-state index contributed by atoms with van der Waals surface area (Å²) < 4.78 is 12.4. The average Bonchev–Trinajstić information content (AvgIpc) is 2.55. The van der Waals surface area contributed by atoms with Crippen molar-refractivity contribution in [2.24, 2.45) is 5.92 Å². The summed E-state index contributed by atoms with van der Waals surface area (Å²) >= 11 is 11.9. The standard InChI is InChI=1S/C18H28Cl2NO3P.ClH/c1-13(15-7-8-17(19)18(20)9-15)21-10-16(22)12-25(23,24)11-14-5-3-2-4-6-14;/h7-9,13-14,16,21-22H,2-6,10-12H2,1H3,(H,23,24);1H/p-1. The quantitative estimate of drug-likeness (QED) is 0.537. The zero-order chi connectivity index (χ0) is 18.4. The van der Waals surface area contributed by atoms with Gasteiger partial charge in [0.25, 0.3) is 0 Å². The fourth-order valence-electron chi connectivity index (χ4n) is 3.45. The van der Waals surface area contributed by atoms with Gasteiger partial charge in [-0.05, 0) is 43.4 Å². The second-order valence-corrected chi connectivity index (χ2v) is 10.4. The number of hydrogen-bond donors (Lipinski definition) is 3. The second-order valence-electron chi connectivity index (χ2n) is 7.17. The normalized spacial score (nSPS) is 20.0. The van der Waals surface area contributed by atoms with Crippen molar-refractivity contribution in [2.75, 3.05) is 18.9 Å². The van der Waals surface area contributed by atoms with Crippen LogP contribution in [0.4, 0.5) is 0 Å². The minimum atomic E-state index is -3.29. The van der Waals surface area contributed by atoms with Crippen molar-refractivity contribution < 1.29 is 27.0 Å². The number of rotatable bonds is 8. The minimum absolute atomic E-state index is 0. The van der Waals surface area contributed by atoms with Crippen LogP contribution in [-0.2, 0) is 4.57 Å². The van der Waals surface area contributed by atoms with E-state index in [0.29, 0.717) is 22.1 Å². The van der Waals surface area contributed by atoms with Gasteiger partial charge < -0.3 is 27.7 Å². The summed E-state index contributed by atoms with van der Waals surface area (Å²) in [6, 6.07) is 5.35. The van der Waals surface area contributed by atoms with Crippen LogP contribution in [0, 0.1) is 5.92 Å². The van der Waals surface area contributed by atoms with Gasteiger partial charge in [0.1, 0.15) is 0 Å². The van der Waals surface area contributed by atoms with E-state index in [9.17, 15) is 14.6 Å². The molecule has 0 bridgehead atoms. The van der Waals surface area contributed by atoms with Crippen molar-refractivity contribution in [2.45, 2.75) is 51.2 Å². The number of aliphatic hydroxyl groups excluding tert-OH is 1. The molecule has 1 aromatic rings. The Morgan fingerprint density at radius 2 is 1.88 bits per heavy atom. The Hall–Kier alpha value is 0.200. The number of halogens is 3. The maximum atomic E-state index is 12.4. The Morgan fingerprint density at radius 1 is 1.23 bits per heavy atom. The summed E-state index contributed by atoms with van der Waals surface area (Å²) in [6.45, 7) is 2.21. The Bertz CT molecular complexity index is 611. The molecule has 1 saturated carbocycles. The molecule has 0 aliphatic heterocycles. The molecule has 3 N–H and O–H groups in total. The Kier molecular flexibility index (Phi) is 10.5. The fourth-order valence-corrected chi connectivity index (χ4v) is 5.87. The number of nitrogens with one attached hydrogen (secondary N) is 1. The molecule has 3 unspecified atom stereocenters. The van der Waals surface area contributed by atoms with E-state index >= 15 is 0 Å². The minimum Gasteiger partial charge on any atom is -1.00 e. The van der Waals surface area contributed by atoms with Crippen LogP contribution < -0.4 is 17.7 Å². The van der Waals surface area contributed by atoms with Crippen LogP contribution in [0.25, 0.3) is 0 Å². The lowest BCUT2D eigenvalue weighted by molar-refractivity contribution is -0.0000106. The first-order valence-corrected chi connectivity index (χ1v) is 11.7. The van der Waals surface area contributed by atoms with Crippen molar-refractivity contribution in [1.29, 1.82) is 0 Å². The van der Waals surface area contributed by atoms with E-state index in [4.69, 9.17) is 23.2 Å². The molecule has 3 atom stereocenters. The molecule has 1 aromatic carbocycles. The third-order valence-electron chi connectivity index (χ3n) is 4.87. The zero-order valence-electron chi connectivity index (χ0n) is 15.0. The highest BCUT2D eigenvalue weighted by Gasteiger charge is 2.28. The summed E-state index contributed by atoms with van der Waals surface area (Å²) in [4.78, 5) is 10.2. The van der Waals surface area contributed by atoms with Gasteiger partial charge in [-0.3, -0.25) is 4.57 Å². The molecule has 0 radical (unpaired) electrons. The summed E-state index contributed by atoms with van der Waals surface area (Å²) in [5.74, 6) is 0.333. The summed E-state index contributed by atoms with van der Waals surface area (Å²) in [5, 5.41) is 14.3. The summed E-state index contributed by atoms with van der Waals surface area (Å²) in [7, 11) is -3.29. The van der Waals surface area contributed by atoms with Gasteiger partial charge in [-0.2, -0.15) is 0 Å². The van der Waals surface area contributed by atoms with Gasteiger partial charge in [0.2, 0.25) is 7.37 Å². The van der Waals surface area contributed by atoms with Crippen LogP contribution in [0.2, 0.25) is 10.0 Å². The second kappa shape index (κ2) is 11.3. The van der Waals surface area contributed by atoms with Gasteiger partial charge in [0.05, 0.1) is 22.3 Å². The number of hydrogen-bond acceptors (Lipinski definition) is 3. The lowest BCUT2D eigenvalue weighted by Crippen LogP contribution is -3.00. The third kappa shape index (κ3) is 8.06. The third-order valence-corrected chi connectivity index (χ3v) is 7.69. The predicted octanol–water partition coefficient (Wildman–Crippen LogP) is 1.86. The SMILES string of the molecule is CC(NCC(O)CP(=O)(O)CC1CCCCC1)c1ccc(Cl)c(Cl)c1.[Cl-]. The lowest BCUT2D eigenvalue weighted by atomic mass is 9.91. The van der Waals surface area contributed by atoms with Crippen molar-refractivity contribution in [3.8, 4) is 0 Å². The molecular weight excluding hydrogens is 416 g/mol. The van der Waals surface area contributed by atoms with Crippen LogP contribution >= 0.6 is 30.6 Å². The van der Waals surface area contributed by atoms with Gasteiger partial charge in [0.15, 0.2) is 0 Å². The topological polar surface area (TPSA) is 69.6 Å². The van der Waals surface area contributed by atoms with E-state index in [0.717, 1.165) is 31.2 Å². The maximum absolute atomic E-state index is 12.4. The molecular formula is C18H28Cl3NO3P-. The lowest BCUT2D eigenvalue weighted by Gasteiger charge is -2.25. The van der Waals surface area contributed by atoms with Crippen molar-refractivity contribution in [3.63, 3.8) is 0 Å². The molecule has 1 aliphatic rings. The van der Waals surface area contributed by atoms with E-state index < -0.39 is 13.5 Å². The van der Waals surface area contributed by atoms with Crippen molar-refractivity contribution in [1.82, 2.24) is 5.32 Å². The van der Waals surface area contributed by atoms with Gasteiger partial charge in [-0.25, -0.2) is 0 Å². The molecule has 1 aliphatic carbocycles. The molecule has 0 spiro atoms. The van der Waals surface area contributed by atoms with Crippen LogP contribution in [0.1, 0.15) is 50.6 Å². The fraction of sp³-hybridized carbons (Fsp3) is 0.667. The van der Waals surface area contributed by atoms with Crippen LogP contribution in [0.5, 0.6) is 0 Å². The van der Waals surface area contributed by atoms with Crippen LogP contribution in [0.15, 0.2) is 18.2 Å². The first-order valence-electron chi connectivity index (χ1n) is 8.94. The molecule has 0 saturated heterocycles. The average molecular weight is 444 g/mol. The molecule has 150 valence electrons. The van der Waals surface area contributed by atoms with E-state index in [-0.39, 0.29) is 31.2 Å². The van der Waals surface area contributed by atoms with Gasteiger partial charge >= 0.3 is 0 Å². The van der Waals surface area contributed by atoms with E-state index in [1.807, 2.05) is 13.0 Å². The van der Waals surface area contributed by atoms with Crippen molar-refractivity contribution in [3.05, 3.63) is 33.8 Å². The monoisotopic (exact) mass is 442 g/mol. The first-order chi connectivity index (χ1) is 11.8. The Balaban J connectivity index is 0.00000338. The molecule has 0 heterocycles. The Morgan fingerprint density at radius 3 is 2.50 bits per heavy atom. The molecule has 0 aromatic heterocycles. The van der Waals surface area contributed by atoms with Crippen LogP contribution in [0.3, 0.4) is 0 Å². The highest BCUT2D eigenvalue weighted by atomic mass is 35.5. The van der Waals surface area contributed by atoms with E-state index in [2.05, 4.69) is 5.32 Å². The first kappa shape index (κ1) is 24.2. The highest BCUT2D eigenvalue weighted by Crippen LogP contribution is 2.45. The zero-order valence-corrected chi connectivity index (χ0v) is 18.2. The molecule has 1 fully saturated rings. The number of aliphatic hydroxyl groups is 1. The van der Waals surface area contributed by atoms with E-state index in [1.165, 1.54) is 6.42 Å². The maximum Gasteiger partial charge on any atom is 0.203 e.